The predicted octanol–water partition coefficient (Wildman–Crippen LogP) is 2.17. The molecular formula is C11H13FO2. The Morgan fingerprint density at radius 3 is 2.64 bits per heavy atom. The van der Waals surface area contributed by atoms with Gasteiger partial charge >= 0.3 is 0 Å². The van der Waals surface area contributed by atoms with Crippen LogP contribution in [0.2, 0.25) is 0 Å². The van der Waals surface area contributed by atoms with Gasteiger partial charge in [-0.25, -0.2) is 4.39 Å². The largest absolute Gasteiger partial charge is 0.493 e. The van der Waals surface area contributed by atoms with Crippen molar-refractivity contribution >= 4 is 0 Å². The van der Waals surface area contributed by atoms with Crippen molar-refractivity contribution in [3.05, 3.63) is 29.6 Å². The summed E-state index contributed by atoms with van der Waals surface area (Å²) in [7, 11) is 0. The Hall–Kier alpha value is -1.09. The van der Waals surface area contributed by atoms with Crippen molar-refractivity contribution in [3.8, 4) is 5.75 Å². The lowest BCUT2D eigenvalue weighted by molar-refractivity contribution is 0.287. The molecule has 2 aliphatic rings. The molecule has 0 radical (unpaired) electrons. The van der Waals surface area contributed by atoms with Crippen molar-refractivity contribution in [2.24, 2.45) is 0 Å². The first-order valence-corrected chi connectivity index (χ1v) is 4.85. The number of hydrogen-bond acceptors (Lipinski definition) is 2. The Kier molecular flexibility index (Phi) is 2.99. The summed E-state index contributed by atoms with van der Waals surface area (Å²) >= 11 is 0. The third-order valence-electron chi connectivity index (χ3n) is 2.07. The third kappa shape index (κ3) is 2.70. The van der Waals surface area contributed by atoms with Gasteiger partial charge in [-0.05, 0) is 36.6 Å². The quantitative estimate of drug-likeness (QED) is 0.593. The van der Waals surface area contributed by atoms with Gasteiger partial charge in [-0.15, -0.1) is 0 Å². The molecule has 0 aliphatic carbocycles. The van der Waals surface area contributed by atoms with E-state index in [4.69, 9.17) is 4.74 Å². The van der Waals surface area contributed by atoms with Crippen LogP contribution in [0, 0.1) is 5.82 Å². The van der Waals surface area contributed by atoms with Crippen LogP contribution in [-0.4, -0.2) is 19.8 Å². The average molecular weight is 196 g/mol. The van der Waals surface area contributed by atoms with Crippen LogP contribution in [0.4, 0.5) is 4.39 Å². The van der Waals surface area contributed by atoms with Gasteiger partial charge in [0.05, 0.1) is 19.8 Å². The topological polar surface area (TPSA) is 21.8 Å². The molecule has 0 amide bonds. The number of benzene rings is 1. The second-order valence-corrected chi connectivity index (χ2v) is 3.32. The van der Waals surface area contributed by atoms with Crippen LogP contribution in [0.15, 0.2) is 18.2 Å². The van der Waals surface area contributed by atoms with Crippen molar-refractivity contribution in [2.75, 3.05) is 19.8 Å². The average Bonchev–Trinajstić information content (AvgIpc) is 3.04. The van der Waals surface area contributed by atoms with Gasteiger partial charge in [-0.2, -0.15) is 0 Å². The van der Waals surface area contributed by atoms with E-state index in [2.05, 4.69) is 4.74 Å². The van der Waals surface area contributed by atoms with E-state index in [0.717, 1.165) is 44.0 Å². The molecule has 0 bridgehead atoms. The lowest BCUT2D eigenvalue weighted by Gasteiger charge is -2.16. The number of hydrogen-bond donors (Lipinski definition) is 0. The van der Waals surface area contributed by atoms with Gasteiger partial charge in [-0.1, -0.05) is 0 Å². The second kappa shape index (κ2) is 4.42. The van der Waals surface area contributed by atoms with Gasteiger partial charge < -0.3 is 9.47 Å². The molecule has 0 N–H and O–H groups in total. The van der Waals surface area contributed by atoms with E-state index in [0.29, 0.717) is 0 Å². The minimum atomic E-state index is -0.172. The monoisotopic (exact) mass is 196 g/mol. The van der Waals surface area contributed by atoms with E-state index >= 15 is 0 Å². The highest BCUT2D eigenvalue weighted by molar-refractivity contribution is 5.35. The molecule has 76 valence electrons. The van der Waals surface area contributed by atoms with Crippen LogP contribution >= 0.6 is 0 Å². The Morgan fingerprint density at radius 1 is 1.14 bits per heavy atom. The highest BCUT2D eigenvalue weighted by atomic mass is 19.1. The molecule has 2 heterocycles. The van der Waals surface area contributed by atoms with E-state index in [-0.39, 0.29) is 5.82 Å². The lowest BCUT2D eigenvalue weighted by Crippen LogP contribution is -2.08. The maximum absolute atomic E-state index is 12.6. The maximum Gasteiger partial charge on any atom is 0.123 e. The number of aryl methyl sites for hydroxylation is 1. The normalized spacial score (nSPS) is 17.2. The molecule has 0 spiro atoms. The standard InChI is InChI=1S/C9H9FO.C2H4O/c10-8-3-4-9-7(6-8)2-1-5-11-9;1-2-3-1/h3-4,6H,1-2,5H2;1-2H2. The SMILES string of the molecule is C1CO1.Fc1ccc2c(c1)CCCO2. The summed E-state index contributed by atoms with van der Waals surface area (Å²) in [5.41, 5.74) is 0.997. The van der Waals surface area contributed by atoms with Crippen LogP contribution < -0.4 is 4.74 Å². The van der Waals surface area contributed by atoms with Gasteiger partial charge in [-0.3, -0.25) is 0 Å². The van der Waals surface area contributed by atoms with Crippen molar-refractivity contribution in [2.45, 2.75) is 12.8 Å². The first-order chi connectivity index (χ1) is 6.86. The zero-order valence-electron chi connectivity index (χ0n) is 7.96. The minimum absolute atomic E-state index is 0.172. The third-order valence-corrected chi connectivity index (χ3v) is 2.07. The van der Waals surface area contributed by atoms with Crippen LogP contribution in [-0.2, 0) is 11.2 Å². The van der Waals surface area contributed by atoms with E-state index in [1.54, 1.807) is 12.1 Å². The highest BCUT2D eigenvalue weighted by Crippen LogP contribution is 2.24. The molecule has 2 aliphatic heterocycles. The van der Waals surface area contributed by atoms with E-state index in [9.17, 15) is 4.39 Å². The van der Waals surface area contributed by atoms with Crippen molar-refractivity contribution in [1.82, 2.24) is 0 Å². The zero-order valence-corrected chi connectivity index (χ0v) is 7.96. The molecule has 1 aromatic rings. The Morgan fingerprint density at radius 2 is 1.93 bits per heavy atom. The lowest BCUT2D eigenvalue weighted by atomic mass is 10.1. The first-order valence-electron chi connectivity index (χ1n) is 4.85. The molecule has 0 unspecified atom stereocenters. The summed E-state index contributed by atoms with van der Waals surface area (Å²) in [6.07, 6.45) is 1.93. The molecule has 0 aromatic heterocycles. The minimum Gasteiger partial charge on any atom is -0.493 e. The molecule has 1 aromatic carbocycles. The summed E-state index contributed by atoms with van der Waals surface area (Å²) in [5, 5.41) is 0. The van der Waals surface area contributed by atoms with Crippen molar-refractivity contribution in [1.29, 1.82) is 0 Å². The van der Waals surface area contributed by atoms with Gasteiger partial charge in [0.25, 0.3) is 0 Å². The fraction of sp³-hybridized carbons (Fsp3) is 0.455. The molecule has 0 saturated carbocycles. The Bertz CT molecular complexity index is 307. The second-order valence-electron chi connectivity index (χ2n) is 3.32. The fourth-order valence-corrected chi connectivity index (χ4v) is 1.33. The summed E-state index contributed by atoms with van der Waals surface area (Å²) in [6.45, 7) is 2.76. The van der Waals surface area contributed by atoms with E-state index < -0.39 is 0 Å². The first kappa shape index (κ1) is 9.46. The van der Waals surface area contributed by atoms with E-state index in [1.807, 2.05) is 0 Å². The highest BCUT2D eigenvalue weighted by Gasteiger charge is 2.09. The van der Waals surface area contributed by atoms with Gasteiger partial charge in [0.1, 0.15) is 11.6 Å². The summed E-state index contributed by atoms with van der Waals surface area (Å²) in [6, 6.07) is 4.68. The zero-order chi connectivity index (χ0) is 9.80. The van der Waals surface area contributed by atoms with Crippen LogP contribution in [0.3, 0.4) is 0 Å². The Labute approximate surface area is 82.6 Å². The molecule has 1 saturated heterocycles. The summed E-state index contributed by atoms with van der Waals surface area (Å²) < 4.78 is 22.5. The summed E-state index contributed by atoms with van der Waals surface area (Å²) in [4.78, 5) is 0. The maximum atomic E-state index is 12.6. The van der Waals surface area contributed by atoms with Crippen LogP contribution in [0.5, 0.6) is 5.75 Å². The number of halogens is 1. The smallest absolute Gasteiger partial charge is 0.123 e. The van der Waals surface area contributed by atoms with Gasteiger partial charge in [0.2, 0.25) is 0 Å². The number of rotatable bonds is 0. The van der Waals surface area contributed by atoms with Crippen molar-refractivity contribution < 1.29 is 13.9 Å². The molecule has 2 nitrogen and oxygen atoms in total. The molecule has 3 heteroatoms. The number of epoxide rings is 1. The molecule has 14 heavy (non-hydrogen) atoms. The molecule has 0 atom stereocenters. The fourth-order valence-electron chi connectivity index (χ4n) is 1.33. The van der Waals surface area contributed by atoms with Gasteiger partial charge in [0.15, 0.2) is 0 Å². The van der Waals surface area contributed by atoms with Crippen LogP contribution in [0.25, 0.3) is 0 Å². The van der Waals surface area contributed by atoms with Crippen molar-refractivity contribution in [3.63, 3.8) is 0 Å². The van der Waals surface area contributed by atoms with Crippen LogP contribution in [0.1, 0.15) is 12.0 Å². The summed E-state index contributed by atoms with van der Waals surface area (Å²) in [5.74, 6) is 0.673. The molecule has 1 fully saturated rings. The van der Waals surface area contributed by atoms with Gasteiger partial charge in [0, 0.05) is 0 Å². The predicted molar refractivity (Wildman–Crippen MR) is 51.0 cm³/mol. The number of ether oxygens (including phenoxy) is 2. The number of fused-ring (bicyclic) bond motifs is 1. The van der Waals surface area contributed by atoms with E-state index in [1.165, 1.54) is 6.07 Å². The Balaban J connectivity index is 0.000000214. The molecular weight excluding hydrogens is 183 g/mol. The molecule has 3 rings (SSSR count).